The Labute approximate surface area is 163 Å². The lowest BCUT2D eigenvalue weighted by atomic mass is 10.2. The van der Waals surface area contributed by atoms with E-state index in [1.165, 1.54) is 11.8 Å². The van der Waals surface area contributed by atoms with Crippen LogP contribution >= 0.6 is 12.2 Å². The molecule has 0 spiro atoms. The minimum absolute atomic E-state index is 0.00711. The molecule has 0 bridgehead atoms. The van der Waals surface area contributed by atoms with Crippen molar-refractivity contribution in [2.45, 2.75) is 33.1 Å². The van der Waals surface area contributed by atoms with Crippen molar-refractivity contribution in [3.05, 3.63) is 56.7 Å². The van der Waals surface area contributed by atoms with Crippen LogP contribution in [0.1, 0.15) is 37.9 Å². The van der Waals surface area contributed by atoms with Crippen molar-refractivity contribution < 1.29 is 4.79 Å². The normalized spacial score (nSPS) is 10.9. The summed E-state index contributed by atoms with van der Waals surface area (Å²) in [5.41, 5.74) is 4.62. The predicted molar refractivity (Wildman–Crippen MR) is 111 cm³/mol. The summed E-state index contributed by atoms with van der Waals surface area (Å²) in [6, 6.07) is 9.36. The second-order valence-corrected chi connectivity index (χ2v) is 6.57. The van der Waals surface area contributed by atoms with Crippen LogP contribution in [0.2, 0.25) is 0 Å². The van der Waals surface area contributed by atoms with Crippen LogP contribution in [0.25, 0.3) is 0 Å². The Kier molecular flexibility index (Phi) is 7.94. The zero-order chi connectivity index (χ0) is 19.6. The molecule has 144 valence electrons. The van der Waals surface area contributed by atoms with Crippen molar-refractivity contribution in [1.82, 2.24) is 15.4 Å². The maximum Gasteiger partial charge on any atom is 0.251 e. The molecule has 7 nitrogen and oxygen atoms in total. The molecule has 0 fully saturated rings. The molecule has 0 aliphatic carbocycles. The SMILES string of the molecule is CCCN(CCC)c1ccc(/C=N\NC(=O)Cc2cc(=O)[nH]c(=S)[nH]2)cc1. The number of rotatable bonds is 9. The number of aromatic amines is 2. The summed E-state index contributed by atoms with van der Waals surface area (Å²) in [7, 11) is 0. The number of anilines is 1. The highest BCUT2D eigenvalue weighted by Gasteiger charge is 2.05. The van der Waals surface area contributed by atoms with Gasteiger partial charge < -0.3 is 9.88 Å². The third kappa shape index (κ3) is 6.82. The number of H-pyrrole nitrogens is 2. The van der Waals surface area contributed by atoms with Crippen LogP contribution in [0, 0.1) is 4.77 Å². The first-order valence-corrected chi connectivity index (χ1v) is 9.42. The Morgan fingerprint density at radius 1 is 1.19 bits per heavy atom. The summed E-state index contributed by atoms with van der Waals surface area (Å²) in [4.78, 5) is 30.8. The first kappa shape index (κ1) is 20.6. The highest BCUT2D eigenvalue weighted by molar-refractivity contribution is 7.71. The summed E-state index contributed by atoms with van der Waals surface area (Å²) in [6.07, 6.45) is 3.79. The molecule has 0 saturated heterocycles. The number of hydrogen-bond acceptors (Lipinski definition) is 5. The molecule has 2 rings (SSSR count). The fourth-order valence-corrected chi connectivity index (χ4v) is 2.92. The van der Waals surface area contributed by atoms with Crippen molar-refractivity contribution >= 4 is 30.0 Å². The number of nitrogens with one attached hydrogen (secondary N) is 3. The van der Waals surface area contributed by atoms with E-state index in [-0.39, 0.29) is 22.7 Å². The highest BCUT2D eigenvalue weighted by Crippen LogP contribution is 2.15. The number of hydrogen-bond donors (Lipinski definition) is 3. The molecule has 0 saturated carbocycles. The molecule has 1 aromatic heterocycles. The van der Waals surface area contributed by atoms with Gasteiger partial charge in [-0.3, -0.25) is 14.6 Å². The number of amides is 1. The number of carbonyl (C=O) groups excluding carboxylic acids is 1. The summed E-state index contributed by atoms with van der Waals surface area (Å²) in [5.74, 6) is -0.337. The van der Waals surface area contributed by atoms with Gasteiger partial charge in [0.15, 0.2) is 4.77 Å². The van der Waals surface area contributed by atoms with Gasteiger partial charge in [0, 0.05) is 30.5 Å². The topological polar surface area (TPSA) is 93.3 Å². The molecule has 0 radical (unpaired) electrons. The Balaban J connectivity index is 1.92. The van der Waals surface area contributed by atoms with Gasteiger partial charge in [0.05, 0.1) is 12.6 Å². The van der Waals surface area contributed by atoms with Gasteiger partial charge in [-0.1, -0.05) is 26.0 Å². The quantitative estimate of drug-likeness (QED) is 0.350. The lowest BCUT2D eigenvalue weighted by Crippen LogP contribution is -2.24. The average Bonchev–Trinajstić information content (AvgIpc) is 2.61. The maximum atomic E-state index is 11.9. The molecule has 1 aromatic carbocycles. The van der Waals surface area contributed by atoms with Crippen LogP contribution < -0.4 is 15.9 Å². The van der Waals surface area contributed by atoms with E-state index in [9.17, 15) is 9.59 Å². The van der Waals surface area contributed by atoms with Crippen LogP contribution in [-0.4, -0.2) is 35.2 Å². The van der Waals surface area contributed by atoms with Crippen LogP contribution in [0.5, 0.6) is 0 Å². The minimum atomic E-state index is -0.342. The van der Waals surface area contributed by atoms with Crippen molar-refractivity contribution in [3.8, 4) is 0 Å². The number of nitrogens with zero attached hydrogens (tertiary/aromatic N) is 2. The van der Waals surface area contributed by atoms with Gasteiger partial charge in [0.2, 0.25) is 5.91 Å². The molecular formula is C19H25N5O2S. The van der Waals surface area contributed by atoms with E-state index in [0.29, 0.717) is 5.69 Å². The van der Waals surface area contributed by atoms with E-state index >= 15 is 0 Å². The Bertz CT molecular complexity index is 852. The number of benzene rings is 1. The molecule has 8 heteroatoms. The molecule has 0 aliphatic rings. The van der Waals surface area contributed by atoms with Crippen LogP contribution in [0.15, 0.2) is 40.2 Å². The monoisotopic (exact) mass is 387 g/mol. The van der Waals surface area contributed by atoms with Crippen molar-refractivity contribution in [2.75, 3.05) is 18.0 Å². The first-order chi connectivity index (χ1) is 13.0. The third-order valence-electron chi connectivity index (χ3n) is 3.82. The van der Waals surface area contributed by atoms with E-state index < -0.39 is 0 Å². The van der Waals surface area contributed by atoms with Crippen LogP contribution in [-0.2, 0) is 11.2 Å². The Morgan fingerprint density at radius 2 is 1.85 bits per heavy atom. The Hall–Kier alpha value is -2.74. The molecule has 0 aliphatic heterocycles. The lowest BCUT2D eigenvalue weighted by molar-refractivity contribution is -0.120. The van der Waals surface area contributed by atoms with E-state index in [1.54, 1.807) is 6.21 Å². The summed E-state index contributed by atoms with van der Waals surface area (Å²) in [6.45, 7) is 6.40. The van der Waals surface area contributed by atoms with Gasteiger partial charge in [-0.15, -0.1) is 0 Å². The standard InChI is InChI=1S/C19H25N5O2S/c1-3-9-24(10-4-2)16-7-5-14(6-8-16)13-20-23-18(26)12-15-11-17(25)22-19(27)21-15/h5-8,11,13H,3-4,9-10,12H2,1-2H3,(H,23,26)(H2,21,22,25,27)/b20-13-. The van der Waals surface area contributed by atoms with Gasteiger partial charge in [-0.25, -0.2) is 5.43 Å². The van der Waals surface area contributed by atoms with Gasteiger partial charge in [0.1, 0.15) is 0 Å². The molecule has 0 atom stereocenters. The summed E-state index contributed by atoms with van der Waals surface area (Å²) < 4.78 is 0.189. The van der Waals surface area contributed by atoms with Gasteiger partial charge in [-0.2, -0.15) is 5.10 Å². The smallest absolute Gasteiger partial charge is 0.251 e. The second kappa shape index (κ2) is 10.4. The molecule has 1 heterocycles. The Morgan fingerprint density at radius 3 is 2.44 bits per heavy atom. The zero-order valence-corrected chi connectivity index (χ0v) is 16.4. The minimum Gasteiger partial charge on any atom is -0.372 e. The van der Waals surface area contributed by atoms with E-state index in [4.69, 9.17) is 12.2 Å². The number of carbonyl (C=O) groups is 1. The summed E-state index contributed by atoms with van der Waals surface area (Å²) in [5, 5.41) is 3.97. The van der Waals surface area contributed by atoms with E-state index in [2.05, 4.69) is 51.4 Å². The molecule has 1 amide bonds. The molecule has 0 unspecified atom stereocenters. The fourth-order valence-electron chi connectivity index (χ4n) is 2.69. The highest BCUT2D eigenvalue weighted by atomic mass is 32.1. The van der Waals surface area contributed by atoms with Crippen molar-refractivity contribution in [1.29, 1.82) is 0 Å². The predicted octanol–water partition coefficient (Wildman–Crippen LogP) is 2.75. The van der Waals surface area contributed by atoms with Gasteiger partial charge in [-0.05, 0) is 42.8 Å². The zero-order valence-electron chi connectivity index (χ0n) is 15.6. The lowest BCUT2D eigenvalue weighted by Gasteiger charge is -2.23. The van der Waals surface area contributed by atoms with Gasteiger partial charge >= 0.3 is 0 Å². The van der Waals surface area contributed by atoms with Crippen LogP contribution in [0.3, 0.4) is 0 Å². The summed E-state index contributed by atoms with van der Waals surface area (Å²) >= 11 is 4.88. The number of aromatic nitrogens is 2. The fraction of sp³-hybridized carbons (Fsp3) is 0.368. The second-order valence-electron chi connectivity index (χ2n) is 6.16. The van der Waals surface area contributed by atoms with Crippen molar-refractivity contribution in [3.63, 3.8) is 0 Å². The van der Waals surface area contributed by atoms with E-state index in [1.807, 2.05) is 12.1 Å². The van der Waals surface area contributed by atoms with Crippen molar-refractivity contribution in [2.24, 2.45) is 5.10 Å². The maximum absolute atomic E-state index is 11.9. The molecule has 2 aromatic rings. The average molecular weight is 388 g/mol. The van der Waals surface area contributed by atoms with Crippen LogP contribution in [0.4, 0.5) is 5.69 Å². The number of hydrazone groups is 1. The van der Waals surface area contributed by atoms with Gasteiger partial charge in [0.25, 0.3) is 5.56 Å². The largest absolute Gasteiger partial charge is 0.372 e. The van der Waals surface area contributed by atoms with E-state index in [0.717, 1.165) is 31.5 Å². The third-order valence-corrected chi connectivity index (χ3v) is 4.02. The molecular weight excluding hydrogens is 362 g/mol. The first-order valence-electron chi connectivity index (χ1n) is 9.01. The molecule has 27 heavy (non-hydrogen) atoms. The molecule has 3 N–H and O–H groups in total.